The summed E-state index contributed by atoms with van der Waals surface area (Å²) in [7, 11) is 0. The first-order valence-corrected chi connectivity index (χ1v) is 11.2. The highest BCUT2D eigenvalue weighted by atomic mass is 19.3. The number of nitrogens with one attached hydrogen (secondary N) is 3. The third kappa shape index (κ3) is 4.87. The Morgan fingerprint density at radius 3 is 2.80 bits per heavy atom. The fourth-order valence-corrected chi connectivity index (χ4v) is 3.88. The molecule has 0 radical (unpaired) electrons. The third-order valence-electron chi connectivity index (χ3n) is 5.51. The van der Waals surface area contributed by atoms with Gasteiger partial charge in [-0.15, -0.1) is 0 Å². The normalized spacial score (nSPS) is 14.5. The zero-order chi connectivity index (χ0) is 24.7. The van der Waals surface area contributed by atoms with Crippen molar-refractivity contribution in [3.8, 4) is 22.9 Å². The second-order valence-corrected chi connectivity index (χ2v) is 9.48. The SMILES string of the molecule is CC(C)(C)NC(=O)Oc1c[nH]c2ncc(-c3nn(CC4CNC4)c4ccc(OC(F)F)cc34)nc12. The van der Waals surface area contributed by atoms with E-state index in [1.54, 1.807) is 6.07 Å². The van der Waals surface area contributed by atoms with Crippen molar-refractivity contribution in [3.05, 3.63) is 30.6 Å². The van der Waals surface area contributed by atoms with Gasteiger partial charge in [0.05, 0.1) is 11.7 Å². The van der Waals surface area contributed by atoms with Crippen LogP contribution in [0.1, 0.15) is 20.8 Å². The van der Waals surface area contributed by atoms with Crippen molar-refractivity contribution < 1.29 is 23.0 Å². The first-order valence-electron chi connectivity index (χ1n) is 11.2. The summed E-state index contributed by atoms with van der Waals surface area (Å²) in [6.45, 7) is 5.02. The van der Waals surface area contributed by atoms with Crippen molar-refractivity contribution in [1.29, 1.82) is 0 Å². The number of rotatable bonds is 6. The molecule has 35 heavy (non-hydrogen) atoms. The molecule has 3 aromatic heterocycles. The number of nitrogens with zero attached hydrogens (tertiary/aromatic N) is 4. The molecule has 184 valence electrons. The topological polar surface area (TPSA) is 119 Å². The first-order chi connectivity index (χ1) is 16.7. The third-order valence-corrected chi connectivity index (χ3v) is 5.51. The van der Waals surface area contributed by atoms with Gasteiger partial charge in [-0.3, -0.25) is 4.68 Å². The Labute approximate surface area is 199 Å². The van der Waals surface area contributed by atoms with Crippen LogP contribution in [0.3, 0.4) is 0 Å². The number of hydrogen-bond donors (Lipinski definition) is 3. The van der Waals surface area contributed by atoms with Crippen molar-refractivity contribution in [2.75, 3.05) is 13.1 Å². The predicted octanol–water partition coefficient (Wildman–Crippen LogP) is 3.68. The van der Waals surface area contributed by atoms with E-state index in [0.717, 1.165) is 18.6 Å². The molecule has 0 atom stereocenters. The van der Waals surface area contributed by atoms with Crippen molar-refractivity contribution >= 4 is 28.2 Å². The zero-order valence-electron chi connectivity index (χ0n) is 19.4. The predicted molar refractivity (Wildman–Crippen MR) is 125 cm³/mol. The van der Waals surface area contributed by atoms with E-state index >= 15 is 0 Å². The summed E-state index contributed by atoms with van der Waals surface area (Å²) in [4.78, 5) is 24.2. The van der Waals surface area contributed by atoms with E-state index in [2.05, 4.69) is 30.3 Å². The molecule has 1 amide bonds. The molecule has 10 nitrogen and oxygen atoms in total. The van der Waals surface area contributed by atoms with Crippen LogP contribution in [0.2, 0.25) is 0 Å². The molecular formula is C23H25F2N7O3. The lowest BCUT2D eigenvalue weighted by Gasteiger charge is -2.27. The molecule has 1 saturated heterocycles. The van der Waals surface area contributed by atoms with Crippen LogP contribution < -0.4 is 20.1 Å². The standard InChI is InChI=1S/C23H25F2N7O3/c1-23(2,3)30-22(33)35-17-10-28-20-19(17)29-15(9-27-20)18-14-6-13(34-21(24)25)4-5-16(14)32(31-18)11-12-7-26-8-12/h4-6,9-10,12,21,26H,7-8,11H2,1-3H3,(H,27,28)(H,30,33). The maximum Gasteiger partial charge on any atom is 0.413 e. The Morgan fingerprint density at radius 2 is 2.11 bits per heavy atom. The van der Waals surface area contributed by atoms with Gasteiger partial charge in [0.25, 0.3) is 0 Å². The molecule has 0 spiro atoms. The minimum absolute atomic E-state index is 0.0252. The summed E-state index contributed by atoms with van der Waals surface area (Å²) in [5.41, 5.74) is 1.94. The highest BCUT2D eigenvalue weighted by molar-refractivity contribution is 5.94. The molecule has 5 rings (SSSR count). The van der Waals surface area contributed by atoms with E-state index in [1.165, 1.54) is 24.5 Å². The molecular weight excluding hydrogens is 460 g/mol. The number of aromatic amines is 1. The number of H-pyrrole nitrogens is 1. The second kappa shape index (κ2) is 8.77. The smallest absolute Gasteiger partial charge is 0.413 e. The average Bonchev–Trinajstić information content (AvgIpc) is 3.29. The van der Waals surface area contributed by atoms with Crippen molar-refractivity contribution in [1.82, 2.24) is 35.4 Å². The van der Waals surface area contributed by atoms with Crippen LogP contribution in [-0.4, -0.2) is 56.1 Å². The summed E-state index contributed by atoms with van der Waals surface area (Å²) in [6.07, 6.45) is 2.42. The van der Waals surface area contributed by atoms with E-state index in [9.17, 15) is 13.6 Å². The molecule has 1 aliphatic heterocycles. The molecule has 4 heterocycles. The number of carbonyl (C=O) groups excluding carboxylic acids is 1. The van der Waals surface area contributed by atoms with Crippen LogP contribution >= 0.6 is 0 Å². The number of benzene rings is 1. The molecule has 12 heteroatoms. The lowest BCUT2D eigenvalue weighted by molar-refractivity contribution is -0.0497. The van der Waals surface area contributed by atoms with Gasteiger partial charge in [0.1, 0.15) is 17.1 Å². The van der Waals surface area contributed by atoms with Crippen LogP contribution in [0.15, 0.2) is 30.6 Å². The van der Waals surface area contributed by atoms with Crippen LogP contribution in [0.5, 0.6) is 11.5 Å². The number of amides is 1. The van der Waals surface area contributed by atoms with Gasteiger partial charge in [-0.25, -0.2) is 14.8 Å². The maximum absolute atomic E-state index is 12.8. The summed E-state index contributed by atoms with van der Waals surface area (Å²) in [6, 6.07) is 4.73. The highest BCUT2D eigenvalue weighted by Gasteiger charge is 2.23. The van der Waals surface area contributed by atoms with Crippen LogP contribution in [0.4, 0.5) is 13.6 Å². The number of halogens is 2. The molecule has 0 saturated carbocycles. The number of ether oxygens (including phenoxy) is 2. The molecule has 3 N–H and O–H groups in total. The van der Waals surface area contributed by atoms with Crippen LogP contribution in [0.25, 0.3) is 33.5 Å². The van der Waals surface area contributed by atoms with E-state index in [4.69, 9.17) is 9.84 Å². The Morgan fingerprint density at radius 1 is 1.31 bits per heavy atom. The Bertz CT molecular complexity index is 1390. The summed E-state index contributed by atoms with van der Waals surface area (Å²) >= 11 is 0. The second-order valence-electron chi connectivity index (χ2n) is 9.48. The Kier molecular flexibility index (Phi) is 5.75. The highest BCUT2D eigenvalue weighted by Crippen LogP contribution is 2.33. The van der Waals surface area contributed by atoms with E-state index in [-0.39, 0.29) is 11.5 Å². The summed E-state index contributed by atoms with van der Waals surface area (Å²) in [5.74, 6) is 0.654. The Hall–Kier alpha value is -3.80. The van der Waals surface area contributed by atoms with Gasteiger partial charge in [0.15, 0.2) is 16.9 Å². The van der Waals surface area contributed by atoms with Crippen molar-refractivity contribution in [3.63, 3.8) is 0 Å². The van der Waals surface area contributed by atoms with Gasteiger partial charge in [-0.05, 0) is 39.0 Å². The molecule has 1 fully saturated rings. The number of alkyl halides is 2. The Balaban J connectivity index is 1.55. The fraction of sp³-hybridized carbons (Fsp3) is 0.391. The molecule has 1 aliphatic rings. The number of fused-ring (bicyclic) bond motifs is 2. The van der Waals surface area contributed by atoms with E-state index in [1.807, 2.05) is 25.5 Å². The van der Waals surface area contributed by atoms with Gasteiger partial charge in [0.2, 0.25) is 0 Å². The van der Waals surface area contributed by atoms with Gasteiger partial charge < -0.3 is 25.1 Å². The first kappa shape index (κ1) is 23.0. The quantitative estimate of drug-likeness (QED) is 0.381. The minimum Gasteiger partial charge on any atom is -0.435 e. The molecule has 1 aromatic carbocycles. The summed E-state index contributed by atoms with van der Waals surface area (Å²) in [5, 5.41) is 11.3. The largest absolute Gasteiger partial charge is 0.435 e. The van der Waals surface area contributed by atoms with Gasteiger partial charge in [-0.1, -0.05) is 0 Å². The number of hydrogen-bond acceptors (Lipinski definition) is 7. The summed E-state index contributed by atoms with van der Waals surface area (Å²) < 4.78 is 37.6. The van der Waals surface area contributed by atoms with Gasteiger partial charge >= 0.3 is 12.7 Å². The molecule has 0 bridgehead atoms. The number of carbonyl (C=O) groups is 1. The lowest BCUT2D eigenvalue weighted by Crippen LogP contribution is -2.44. The lowest BCUT2D eigenvalue weighted by atomic mass is 10.0. The van der Waals surface area contributed by atoms with Crippen LogP contribution in [-0.2, 0) is 6.54 Å². The monoisotopic (exact) mass is 485 g/mol. The zero-order valence-corrected chi connectivity index (χ0v) is 19.4. The molecule has 0 aliphatic carbocycles. The van der Waals surface area contributed by atoms with Crippen molar-refractivity contribution in [2.45, 2.75) is 39.5 Å². The average molecular weight is 485 g/mol. The minimum atomic E-state index is -2.94. The van der Waals surface area contributed by atoms with Crippen molar-refractivity contribution in [2.24, 2.45) is 5.92 Å². The van der Waals surface area contributed by atoms with Crippen LogP contribution in [0, 0.1) is 5.92 Å². The molecule has 0 unspecified atom stereocenters. The van der Waals surface area contributed by atoms with E-state index in [0.29, 0.717) is 40.4 Å². The van der Waals surface area contributed by atoms with E-state index < -0.39 is 18.2 Å². The van der Waals surface area contributed by atoms with Gasteiger partial charge in [0, 0.05) is 42.7 Å². The fourth-order valence-electron chi connectivity index (χ4n) is 3.88. The number of aromatic nitrogens is 5. The van der Waals surface area contributed by atoms with Gasteiger partial charge in [-0.2, -0.15) is 13.9 Å². The molecule has 4 aromatic rings. The maximum atomic E-state index is 12.8.